The molecule has 0 rings (SSSR count). The van der Waals surface area contributed by atoms with Gasteiger partial charge in [-0.3, -0.25) is 4.79 Å². The van der Waals surface area contributed by atoms with Gasteiger partial charge in [0.15, 0.2) is 0 Å². The van der Waals surface area contributed by atoms with Crippen molar-refractivity contribution >= 4 is 18.1 Å². The number of nitrogens with zero attached hydrogens (tertiary/aromatic N) is 1. The lowest BCUT2D eigenvalue weighted by Crippen LogP contribution is -2.19. The molecule has 0 aliphatic heterocycles. The Hall–Kier alpha value is -1.19. The van der Waals surface area contributed by atoms with Gasteiger partial charge in [-0.05, 0) is 0 Å². The van der Waals surface area contributed by atoms with Gasteiger partial charge >= 0.3 is 5.97 Å². The van der Waals surface area contributed by atoms with Crippen LogP contribution in [0.2, 0.25) is 0 Å². The fraction of sp³-hybridized carbons (Fsp3) is 0.500. The summed E-state index contributed by atoms with van der Waals surface area (Å²) in [5, 5.41) is 8.39. The number of carbonyl (C=O) groups is 2. The standard InChI is InChI=1S/C6H9NO3/c1-4(2)5(6(9)10)7-3-8/h3-4H,1-2H3,(H,9,10). The van der Waals surface area contributed by atoms with E-state index in [1.807, 2.05) is 0 Å². The Bertz CT molecular complexity index is 172. The fourth-order valence-electron chi connectivity index (χ4n) is 0.508. The Balaban J connectivity index is 4.41. The van der Waals surface area contributed by atoms with Gasteiger partial charge in [0.05, 0.1) is 0 Å². The molecule has 1 N–H and O–H groups in total. The van der Waals surface area contributed by atoms with Crippen molar-refractivity contribution in [2.75, 3.05) is 0 Å². The average molecular weight is 143 g/mol. The van der Waals surface area contributed by atoms with E-state index in [0.717, 1.165) is 0 Å². The Morgan fingerprint density at radius 1 is 1.60 bits per heavy atom. The first kappa shape index (κ1) is 8.81. The van der Waals surface area contributed by atoms with E-state index in [2.05, 4.69) is 4.99 Å². The van der Waals surface area contributed by atoms with Crippen molar-refractivity contribution in [2.45, 2.75) is 13.8 Å². The van der Waals surface area contributed by atoms with Crippen molar-refractivity contribution in [1.29, 1.82) is 0 Å². The normalized spacial score (nSPS) is 11.7. The molecule has 0 saturated heterocycles. The lowest BCUT2D eigenvalue weighted by molar-refractivity contribution is -0.129. The van der Waals surface area contributed by atoms with Crippen LogP contribution in [-0.2, 0) is 9.59 Å². The summed E-state index contributed by atoms with van der Waals surface area (Å²) in [7, 11) is 0. The van der Waals surface area contributed by atoms with E-state index in [4.69, 9.17) is 5.11 Å². The zero-order chi connectivity index (χ0) is 8.15. The molecule has 0 aromatic heterocycles. The number of aliphatic imine (C=N–C) groups is 1. The molecule has 0 radical (unpaired) electrons. The number of carboxylic acids is 1. The summed E-state index contributed by atoms with van der Waals surface area (Å²) >= 11 is 0. The van der Waals surface area contributed by atoms with Crippen LogP contribution in [0.25, 0.3) is 0 Å². The van der Waals surface area contributed by atoms with E-state index < -0.39 is 5.97 Å². The van der Waals surface area contributed by atoms with Crippen LogP contribution in [0, 0.1) is 5.92 Å². The second kappa shape index (κ2) is 3.76. The third-order valence-electron chi connectivity index (χ3n) is 0.958. The highest BCUT2D eigenvalue weighted by molar-refractivity contribution is 6.37. The van der Waals surface area contributed by atoms with E-state index in [0.29, 0.717) is 0 Å². The van der Waals surface area contributed by atoms with Gasteiger partial charge in [0.2, 0.25) is 6.41 Å². The number of carbonyl (C=O) groups excluding carboxylic acids is 1. The lowest BCUT2D eigenvalue weighted by atomic mass is 10.1. The molecule has 0 aliphatic rings. The largest absolute Gasteiger partial charge is 0.477 e. The Labute approximate surface area is 58.6 Å². The summed E-state index contributed by atoms with van der Waals surface area (Å²) in [6.07, 6.45) is 0.240. The van der Waals surface area contributed by atoms with E-state index in [9.17, 15) is 9.59 Å². The molecule has 0 bridgehead atoms. The maximum Gasteiger partial charge on any atom is 0.350 e. The van der Waals surface area contributed by atoms with Gasteiger partial charge in [-0.1, -0.05) is 13.8 Å². The Kier molecular flexibility index (Phi) is 3.32. The zero-order valence-corrected chi connectivity index (χ0v) is 5.87. The van der Waals surface area contributed by atoms with Crippen LogP contribution < -0.4 is 0 Å². The van der Waals surface area contributed by atoms with Crippen LogP contribution in [0.4, 0.5) is 0 Å². The van der Waals surface area contributed by atoms with Crippen molar-refractivity contribution in [3.63, 3.8) is 0 Å². The van der Waals surface area contributed by atoms with Gasteiger partial charge < -0.3 is 5.11 Å². The highest BCUT2D eigenvalue weighted by Crippen LogP contribution is 1.95. The van der Waals surface area contributed by atoms with Gasteiger partial charge in [-0.2, -0.15) is 0 Å². The van der Waals surface area contributed by atoms with Crippen LogP contribution in [0.5, 0.6) is 0 Å². The maximum absolute atomic E-state index is 10.2. The van der Waals surface area contributed by atoms with Crippen molar-refractivity contribution in [3.05, 3.63) is 0 Å². The van der Waals surface area contributed by atoms with Gasteiger partial charge in [0, 0.05) is 5.92 Å². The molecule has 0 spiro atoms. The number of hydrogen-bond donors (Lipinski definition) is 1. The monoisotopic (exact) mass is 143 g/mol. The predicted octanol–water partition coefficient (Wildman–Crippen LogP) is 0.324. The van der Waals surface area contributed by atoms with Crippen molar-refractivity contribution in [3.8, 4) is 0 Å². The number of aliphatic carboxylic acids is 1. The van der Waals surface area contributed by atoms with Crippen LogP contribution >= 0.6 is 0 Å². The minimum atomic E-state index is -1.14. The predicted molar refractivity (Wildman–Crippen MR) is 36.0 cm³/mol. The van der Waals surface area contributed by atoms with Crippen LogP contribution in [0.3, 0.4) is 0 Å². The van der Waals surface area contributed by atoms with Crippen molar-refractivity contribution < 1.29 is 14.7 Å². The van der Waals surface area contributed by atoms with Crippen LogP contribution in [0.15, 0.2) is 4.99 Å². The molecule has 4 nitrogen and oxygen atoms in total. The fourth-order valence-corrected chi connectivity index (χ4v) is 0.508. The highest BCUT2D eigenvalue weighted by Gasteiger charge is 2.12. The quantitative estimate of drug-likeness (QED) is 0.457. The maximum atomic E-state index is 10.2. The smallest absolute Gasteiger partial charge is 0.350 e. The van der Waals surface area contributed by atoms with E-state index in [-0.39, 0.29) is 18.0 Å². The van der Waals surface area contributed by atoms with E-state index in [1.165, 1.54) is 0 Å². The molecule has 56 valence electrons. The summed E-state index contributed by atoms with van der Waals surface area (Å²) in [6, 6.07) is 0. The van der Waals surface area contributed by atoms with Crippen molar-refractivity contribution in [2.24, 2.45) is 10.9 Å². The summed E-state index contributed by atoms with van der Waals surface area (Å²) in [6.45, 7) is 3.33. The summed E-state index contributed by atoms with van der Waals surface area (Å²) in [4.78, 5) is 23.2. The summed E-state index contributed by atoms with van der Waals surface area (Å²) in [5.41, 5.74) is -0.102. The summed E-state index contributed by atoms with van der Waals surface area (Å²) in [5.74, 6) is -1.36. The molecular formula is C6H9NO3. The van der Waals surface area contributed by atoms with Crippen molar-refractivity contribution in [1.82, 2.24) is 0 Å². The molecule has 1 amide bonds. The molecule has 0 aromatic rings. The minimum Gasteiger partial charge on any atom is -0.477 e. The molecule has 10 heavy (non-hydrogen) atoms. The molecule has 0 fully saturated rings. The molecule has 0 saturated carbocycles. The molecule has 0 unspecified atom stereocenters. The Morgan fingerprint density at radius 2 is 2.10 bits per heavy atom. The van der Waals surface area contributed by atoms with E-state index >= 15 is 0 Å². The lowest BCUT2D eigenvalue weighted by Gasteiger charge is -2.00. The third-order valence-corrected chi connectivity index (χ3v) is 0.958. The number of amides is 1. The minimum absolute atomic E-state index is 0.102. The number of hydrogen-bond acceptors (Lipinski definition) is 2. The molecule has 0 atom stereocenters. The van der Waals surface area contributed by atoms with Gasteiger partial charge in [0.1, 0.15) is 5.71 Å². The first-order valence-corrected chi connectivity index (χ1v) is 2.84. The molecular weight excluding hydrogens is 134 g/mol. The van der Waals surface area contributed by atoms with Gasteiger partial charge in [0.25, 0.3) is 0 Å². The highest BCUT2D eigenvalue weighted by atomic mass is 16.4. The SMILES string of the molecule is CC(C)C(=NC=O)C(=O)O. The molecule has 4 heteroatoms. The zero-order valence-electron chi connectivity index (χ0n) is 5.87. The van der Waals surface area contributed by atoms with Crippen LogP contribution in [-0.4, -0.2) is 23.2 Å². The first-order chi connectivity index (χ1) is 4.59. The van der Waals surface area contributed by atoms with Crippen LogP contribution in [0.1, 0.15) is 13.8 Å². The number of carboxylic acid groups (broad SMARTS) is 1. The van der Waals surface area contributed by atoms with Gasteiger partial charge in [-0.25, -0.2) is 9.79 Å². The second-order valence-electron chi connectivity index (χ2n) is 2.08. The van der Waals surface area contributed by atoms with Gasteiger partial charge in [-0.15, -0.1) is 0 Å². The average Bonchev–Trinajstić information content (AvgIpc) is 1.81. The third kappa shape index (κ3) is 2.39. The number of rotatable bonds is 3. The Morgan fingerprint density at radius 3 is 2.20 bits per heavy atom. The van der Waals surface area contributed by atoms with E-state index in [1.54, 1.807) is 13.8 Å². The second-order valence-corrected chi connectivity index (χ2v) is 2.08. The summed E-state index contributed by atoms with van der Waals surface area (Å²) < 4.78 is 0. The first-order valence-electron chi connectivity index (χ1n) is 2.84. The topological polar surface area (TPSA) is 66.7 Å². The molecule has 0 heterocycles. The molecule has 0 aromatic carbocycles. The molecule has 0 aliphatic carbocycles.